The lowest BCUT2D eigenvalue weighted by molar-refractivity contribution is -0.120. The van der Waals surface area contributed by atoms with Gasteiger partial charge < -0.3 is 10.1 Å². The summed E-state index contributed by atoms with van der Waals surface area (Å²) in [5.41, 5.74) is 1.11. The Morgan fingerprint density at radius 3 is 2.29 bits per heavy atom. The summed E-state index contributed by atoms with van der Waals surface area (Å²) >= 11 is 19.6. The number of carbonyl (C=O) groups excluding carboxylic acids is 3. The van der Waals surface area contributed by atoms with Crippen LogP contribution in [-0.2, 0) is 14.3 Å². The van der Waals surface area contributed by atoms with Gasteiger partial charge in [-0.1, -0.05) is 52.6 Å². The van der Waals surface area contributed by atoms with Crippen LogP contribution in [0.2, 0.25) is 15.1 Å². The van der Waals surface area contributed by atoms with E-state index < -0.39 is 17.8 Å². The Hall–Kier alpha value is -2.97. The van der Waals surface area contributed by atoms with E-state index in [1.807, 2.05) is 0 Å². The molecule has 0 saturated carbocycles. The predicted octanol–water partition coefficient (Wildman–Crippen LogP) is 6.81. The summed E-state index contributed by atoms with van der Waals surface area (Å²) in [7, 11) is 0. The highest BCUT2D eigenvalue weighted by Gasteiger charge is 2.41. The number of hydrogen-bond donors (Lipinski definition) is 1. The van der Waals surface area contributed by atoms with Crippen LogP contribution in [0.1, 0.15) is 17.3 Å². The van der Waals surface area contributed by atoms with Crippen LogP contribution in [0.5, 0.6) is 0 Å². The third-order valence-corrected chi connectivity index (χ3v) is 7.06. The van der Waals surface area contributed by atoms with E-state index in [2.05, 4.69) is 5.32 Å². The molecule has 1 N–H and O–H groups in total. The Morgan fingerprint density at radius 1 is 0.943 bits per heavy atom. The lowest BCUT2D eigenvalue weighted by Crippen LogP contribution is -2.32. The first-order valence-electron chi connectivity index (χ1n) is 10.3. The van der Waals surface area contributed by atoms with E-state index >= 15 is 0 Å². The maximum atomic E-state index is 13.5. The predicted molar refractivity (Wildman–Crippen MR) is 139 cm³/mol. The van der Waals surface area contributed by atoms with Crippen molar-refractivity contribution in [3.8, 4) is 0 Å². The standard InChI is InChI=1S/C25H17Cl3N2O4S/c1-2-34-25(33)14-6-10-16(11-7-14)29-21-22(35-17-12-8-15(26)9-13-17)24(32)30(23(21)31)19-5-3-4-18(27)20(19)28/h3-13,29H,2H2,1H3. The zero-order valence-corrected chi connectivity index (χ0v) is 21.3. The largest absolute Gasteiger partial charge is 0.462 e. The van der Waals surface area contributed by atoms with Crippen molar-refractivity contribution < 1.29 is 19.1 Å². The molecule has 0 atom stereocenters. The third-order valence-electron chi connectivity index (χ3n) is 4.91. The van der Waals surface area contributed by atoms with Gasteiger partial charge in [0.05, 0.1) is 27.9 Å². The lowest BCUT2D eigenvalue weighted by atomic mass is 10.2. The molecule has 1 aliphatic rings. The second-order valence-corrected chi connectivity index (χ2v) is 9.51. The molecule has 0 aromatic heterocycles. The molecule has 0 spiro atoms. The van der Waals surface area contributed by atoms with Crippen molar-refractivity contribution in [2.45, 2.75) is 11.8 Å². The molecule has 0 bridgehead atoms. The van der Waals surface area contributed by atoms with E-state index in [9.17, 15) is 14.4 Å². The summed E-state index contributed by atoms with van der Waals surface area (Å²) in [5, 5.41) is 3.88. The maximum Gasteiger partial charge on any atom is 0.338 e. The Kier molecular flexibility index (Phi) is 7.72. The normalized spacial score (nSPS) is 13.4. The Balaban J connectivity index is 1.71. The zero-order chi connectivity index (χ0) is 25.1. The molecular weight excluding hydrogens is 531 g/mol. The number of imide groups is 1. The number of anilines is 2. The molecule has 6 nitrogen and oxygen atoms in total. The fourth-order valence-electron chi connectivity index (χ4n) is 3.27. The highest BCUT2D eigenvalue weighted by molar-refractivity contribution is 8.04. The molecule has 3 aromatic carbocycles. The summed E-state index contributed by atoms with van der Waals surface area (Å²) in [6, 6.07) is 18.0. The number of thioether (sulfide) groups is 1. The second-order valence-electron chi connectivity index (χ2n) is 7.20. The molecule has 2 amide bonds. The Labute approximate surface area is 220 Å². The van der Waals surface area contributed by atoms with E-state index in [-0.39, 0.29) is 32.9 Å². The smallest absolute Gasteiger partial charge is 0.338 e. The van der Waals surface area contributed by atoms with Crippen molar-refractivity contribution in [3.63, 3.8) is 0 Å². The molecule has 1 aliphatic heterocycles. The first kappa shape index (κ1) is 25.1. The van der Waals surface area contributed by atoms with Crippen LogP contribution < -0.4 is 10.2 Å². The van der Waals surface area contributed by atoms with Crippen molar-refractivity contribution in [1.29, 1.82) is 0 Å². The average molecular weight is 548 g/mol. The minimum atomic E-state index is -0.593. The van der Waals surface area contributed by atoms with E-state index in [0.29, 0.717) is 21.2 Å². The van der Waals surface area contributed by atoms with Crippen molar-refractivity contribution in [1.82, 2.24) is 0 Å². The van der Waals surface area contributed by atoms with Gasteiger partial charge in [-0.2, -0.15) is 0 Å². The lowest BCUT2D eigenvalue weighted by Gasteiger charge is -2.17. The van der Waals surface area contributed by atoms with Gasteiger partial charge in [0.2, 0.25) is 0 Å². The number of amides is 2. The third kappa shape index (κ3) is 5.33. The molecule has 0 saturated heterocycles. The first-order valence-corrected chi connectivity index (χ1v) is 12.3. The molecule has 3 aromatic rings. The number of nitrogens with one attached hydrogen (secondary N) is 1. The van der Waals surface area contributed by atoms with Gasteiger partial charge >= 0.3 is 5.97 Å². The van der Waals surface area contributed by atoms with E-state index in [1.54, 1.807) is 73.7 Å². The number of benzene rings is 3. The average Bonchev–Trinajstić information content (AvgIpc) is 3.07. The molecule has 0 radical (unpaired) electrons. The van der Waals surface area contributed by atoms with Gasteiger partial charge in [-0.3, -0.25) is 9.59 Å². The van der Waals surface area contributed by atoms with Crippen LogP contribution in [0.3, 0.4) is 0 Å². The maximum absolute atomic E-state index is 13.5. The number of ether oxygens (including phenoxy) is 1. The van der Waals surface area contributed by atoms with Crippen LogP contribution in [0, 0.1) is 0 Å². The van der Waals surface area contributed by atoms with E-state index in [1.165, 1.54) is 0 Å². The van der Waals surface area contributed by atoms with Gasteiger partial charge in [-0.05, 0) is 67.6 Å². The van der Waals surface area contributed by atoms with Crippen molar-refractivity contribution in [2.75, 3.05) is 16.8 Å². The van der Waals surface area contributed by atoms with Crippen LogP contribution in [-0.4, -0.2) is 24.4 Å². The number of hydrogen-bond acceptors (Lipinski definition) is 6. The van der Waals surface area contributed by atoms with Gasteiger partial charge in [-0.25, -0.2) is 9.69 Å². The summed E-state index contributed by atoms with van der Waals surface area (Å²) in [4.78, 5) is 40.7. The zero-order valence-electron chi connectivity index (χ0n) is 18.2. The summed E-state index contributed by atoms with van der Waals surface area (Å²) in [6.45, 7) is 1.98. The van der Waals surface area contributed by atoms with Crippen LogP contribution in [0.15, 0.2) is 82.2 Å². The van der Waals surface area contributed by atoms with E-state index in [0.717, 1.165) is 16.7 Å². The number of halogens is 3. The van der Waals surface area contributed by atoms with Gasteiger partial charge in [0.15, 0.2) is 0 Å². The number of nitrogens with zero attached hydrogens (tertiary/aromatic N) is 1. The topological polar surface area (TPSA) is 75.7 Å². The highest BCUT2D eigenvalue weighted by Crippen LogP contribution is 2.41. The van der Waals surface area contributed by atoms with Crippen LogP contribution in [0.25, 0.3) is 0 Å². The van der Waals surface area contributed by atoms with E-state index in [4.69, 9.17) is 39.5 Å². The van der Waals surface area contributed by atoms with Gasteiger partial charge in [0.25, 0.3) is 11.8 Å². The van der Waals surface area contributed by atoms with Gasteiger partial charge in [0.1, 0.15) is 10.6 Å². The van der Waals surface area contributed by atoms with Crippen molar-refractivity contribution in [3.05, 3.63) is 98.0 Å². The molecule has 0 fully saturated rings. The molecule has 35 heavy (non-hydrogen) atoms. The first-order chi connectivity index (χ1) is 16.8. The fraction of sp³-hybridized carbons (Fsp3) is 0.0800. The minimum absolute atomic E-state index is 0.0647. The Morgan fingerprint density at radius 2 is 1.63 bits per heavy atom. The molecule has 0 aliphatic carbocycles. The fourth-order valence-corrected chi connectivity index (χ4v) is 4.70. The van der Waals surface area contributed by atoms with Crippen molar-refractivity contribution >= 4 is 75.7 Å². The quantitative estimate of drug-likeness (QED) is 0.259. The molecule has 10 heteroatoms. The molecule has 4 rings (SSSR count). The number of rotatable bonds is 7. The highest BCUT2D eigenvalue weighted by atomic mass is 35.5. The van der Waals surface area contributed by atoms with Crippen LogP contribution >= 0.6 is 46.6 Å². The molecular formula is C25H17Cl3N2O4S. The van der Waals surface area contributed by atoms with Crippen molar-refractivity contribution in [2.24, 2.45) is 0 Å². The summed E-state index contributed by atoms with van der Waals surface area (Å²) in [5.74, 6) is -1.60. The second kappa shape index (κ2) is 10.7. The SMILES string of the molecule is CCOC(=O)c1ccc(NC2=C(Sc3ccc(Cl)cc3)C(=O)N(c3cccc(Cl)c3Cl)C2=O)cc1. The van der Waals surface area contributed by atoms with Gasteiger partial charge in [-0.15, -0.1) is 0 Å². The summed E-state index contributed by atoms with van der Waals surface area (Å²) in [6.07, 6.45) is 0. The Bertz CT molecular complexity index is 1340. The summed E-state index contributed by atoms with van der Waals surface area (Å²) < 4.78 is 5.00. The minimum Gasteiger partial charge on any atom is -0.462 e. The number of esters is 1. The monoisotopic (exact) mass is 546 g/mol. The molecule has 0 unspecified atom stereocenters. The molecule has 178 valence electrons. The molecule has 1 heterocycles. The van der Waals surface area contributed by atoms with Gasteiger partial charge in [0, 0.05) is 15.6 Å². The number of carbonyl (C=O) groups is 3. The van der Waals surface area contributed by atoms with Crippen LogP contribution in [0.4, 0.5) is 11.4 Å².